The average molecular weight is 358 g/mol. The minimum Gasteiger partial charge on any atom is -0.508 e. The van der Waals surface area contributed by atoms with Crippen LogP contribution in [0, 0.1) is 6.92 Å². The molecule has 1 aromatic heterocycles. The van der Waals surface area contributed by atoms with Crippen LogP contribution in [-0.4, -0.2) is 34.0 Å². The molecule has 0 saturated heterocycles. The van der Waals surface area contributed by atoms with E-state index in [1.54, 1.807) is 13.8 Å². The van der Waals surface area contributed by atoms with Crippen molar-refractivity contribution >= 4 is 41.1 Å². The first kappa shape index (κ1) is 18.7. The molecular formula is C14H16ClN3O4S. The van der Waals surface area contributed by atoms with Crippen molar-refractivity contribution in [1.29, 1.82) is 0 Å². The van der Waals surface area contributed by atoms with Gasteiger partial charge in [0.2, 0.25) is 5.13 Å². The van der Waals surface area contributed by atoms with Crippen LogP contribution >= 0.6 is 23.7 Å². The molecule has 0 atom stereocenters. The van der Waals surface area contributed by atoms with Gasteiger partial charge in [-0.3, -0.25) is 5.43 Å². The minimum absolute atomic E-state index is 0. The van der Waals surface area contributed by atoms with Crippen LogP contribution in [-0.2, 0) is 4.74 Å². The van der Waals surface area contributed by atoms with Crippen LogP contribution < -0.4 is 5.43 Å². The highest BCUT2D eigenvalue weighted by Crippen LogP contribution is 2.24. The first-order valence-corrected chi connectivity index (χ1v) is 7.28. The van der Waals surface area contributed by atoms with Gasteiger partial charge in [0, 0.05) is 11.6 Å². The maximum Gasteiger partial charge on any atom is 0.350 e. The number of esters is 1. The molecule has 0 amide bonds. The van der Waals surface area contributed by atoms with Gasteiger partial charge >= 0.3 is 5.97 Å². The molecule has 0 fully saturated rings. The molecule has 1 heterocycles. The van der Waals surface area contributed by atoms with Crippen molar-refractivity contribution in [2.24, 2.45) is 5.10 Å². The Bertz CT molecular complexity index is 718. The summed E-state index contributed by atoms with van der Waals surface area (Å²) in [4.78, 5) is 16.3. The van der Waals surface area contributed by atoms with Crippen LogP contribution in [0.1, 0.15) is 27.9 Å². The van der Waals surface area contributed by atoms with Crippen LogP contribution in [0.2, 0.25) is 0 Å². The molecule has 0 radical (unpaired) electrons. The quantitative estimate of drug-likeness (QED) is 0.432. The topological polar surface area (TPSA) is 104 Å². The number of thiazole rings is 1. The number of phenols is 2. The van der Waals surface area contributed by atoms with Crippen LogP contribution in [0.4, 0.5) is 5.13 Å². The lowest BCUT2D eigenvalue weighted by Crippen LogP contribution is -2.03. The lowest BCUT2D eigenvalue weighted by Gasteiger charge is -1.99. The Balaban J connectivity index is 0.00000264. The second-order valence-electron chi connectivity index (χ2n) is 4.27. The molecule has 0 aliphatic rings. The van der Waals surface area contributed by atoms with Gasteiger partial charge in [-0.15, -0.1) is 12.4 Å². The summed E-state index contributed by atoms with van der Waals surface area (Å²) in [5, 5.41) is 23.2. The number of ether oxygens (including phenoxy) is 1. The molecule has 7 nitrogen and oxygen atoms in total. The number of hydrogen-bond donors (Lipinski definition) is 3. The molecule has 23 heavy (non-hydrogen) atoms. The SMILES string of the molecule is CCOC(=O)c1sc(N/N=C/c2ccc(O)cc2O)nc1C.Cl. The van der Waals surface area contributed by atoms with Gasteiger partial charge in [-0.25, -0.2) is 9.78 Å². The third-order valence-electron chi connectivity index (χ3n) is 2.64. The molecule has 9 heteroatoms. The van der Waals surface area contributed by atoms with E-state index in [1.807, 2.05) is 0 Å². The number of carbonyl (C=O) groups is 1. The highest BCUT2D eigenvalue weighted by Gasteiger charge is 2.15. The predicted molar refractivity (Wildman–Crippen MR) is 91.0 cm³/mol. The zero-order chi connectivity index (χ0) is 16.1. The monoisotopic (exact) mass is 357 g/mol. The largest absolute Gasteiger partial charge is 0.508 e. The van der Waals surface area contributed by atoms with Crippen molar-refractivity contribution in [2.45, 2.75) is 13.8 Å². The summed E-state index contributed by atoms with van der Waals surface area (Å²) in [7, 11) is 0. The number of aromatic nitrogens is 1. The summed E-state index contributed by atoms with van der Waals surface area (Å²) < 4.78 is 4.93. The summed E-state index contributed by atoms with van der Waals surface area (Å²) in [6.45, 7) is 3.75. The van der Waals surface area contributed by atoms with E-state index < -0.39 is 5.97 Å². The van der Waals surface area contributed by atoms with Gasteiger partial charge in [-0.1, -0.05) is 11.3 Å². The van der Waals surface area contributed by atoms with Gasteiger partial charge in [0.25, 0.3) is 0 Å². The highest BCUT2D eigenvalue weighted by atomic mass is 35.5. The maximum absolute atomic E-state index is 11.7. The van der Waals surface area contributed by atoms with Gasteiger partial charge < -0.3 is 14.9 Å². The Hall–Kier alpha value is -2.32. The van der Waals surface area contributed by atoms with Crippen molar-refractivity contribution in [3.63, 3.8) is 0 Å². The fraction of sp³-hybridized carbons (Fsp3) is 0.214. The summed E-state index contributed by atoms with van der Waals surface area (Å²) in [6, 6.07) is 4.17. The molecule has 0 aliphatic carbocycles. The fourth-order valence-electron chi connectivity index (χ4n) is 1.63. The number of anilines is 1. The number of hydrazone groups is 1. The van der Waals surface area contributed by atoms with Crippen LogP contribution in [0.25, 0.3) is 0 Å². The Morgan fingerprint density at radius 1 is 1.48 bits per heavy atom. The zero-order valence-electron chi connectivity index (χ0n) is 12.4. The van der Waals surface area contributed by atoms with Crippen LogP contribution in [0.5, 0.6) is 11.5 Å². The van der Waals surface area contributed by atoms with E-state index >= 15 is 0 Å². The summed E-state index contributed by atoms with van der Waals surface area (Å²) in [6.07, 6.45) is 1.38. The van der Waals surface area contributed by atoms with Gasteiger partial charge in [0.1, 0.15) is 16.4 Å². The predicted octanol–water partition coefficient (Wildman–Crippen LogP) is 2.91. The van der Waals surface area contributed by atoms with Crippen molar-refractivity contribution < 1.29 is 19.7 Å². The molecule has 0 spiro atoms. The summed E-state index contributed by atoms with van der Waals surface area (Å²) in [5.74, 6) is -0.531. The highest BCUT2D eigenvalue weighted by molar-refractivity contribution is 7.17. The number of benzene rings is 1. The Kier molecular flexibility index (Phi) is 6.80. The molecule has 1 aromatic carbocycles. The number of nitrogens with zero attached hydrogens (tertiary/aromatic N) is 2. The van der Waals surface area contributed by atoms with E-state index in [1.165, 1.54) is 24.4 Å². The Morgan fingerprint density at radius 3 is 2.87 bits per heavy atom. The summed E-state index contributed by atoms with van der Waals surface area (Å²) in [5.41, 5.74) is 3.69. The molecule has 0 unspecified atom stereocenters. The van der Waals surface area contributed by atoms with Crippen molar-refractivity contribution in [3.8, 4) is 11.5 Å². The molecule has 2 aromatic rings. The standard InChI is InChI=1S/C14H15N3O4S.ClH/c1-3-21-13(20)12-8(2)16-14(22-12)17-15-7-9-4-5-10(18)6-11(9)19;/h4-7,18-19H,3H2,1-2H3,(H,16,17);1H/b15-7+;. The van der Waals surface area contributed by atoms with Gasteiger partial charge in [0.15, 0.2) is 0 Å². The van der Waals surface area contributed by atoms with Crippen molar-refractivity contribution in [3.05, 3.63) is 34.3 Å². The van der Waals surface area contributed by atoms with Crippen LogP contribution in [0.3, 0.4) is 0 Å². The minimum atomic E-state index is -0.411. The van der Waals surface area contributed by atoms with Crippen molar-refractivity contribution in [2.75, 3.05) is 12.0 Å². The molecule has 0 saturated carbocycles. The number of nitrogens with one attached hydrogen (secondary N) is 1. The molecule has 0 bridgehead atoms. The normalized spacial score (nSPS) is 10.3. The number of halogens is 1. The first-order chi connectivity index (χ1) is 10.5. The fourth-order valence-corrected chi connectivity index (χ4v) is 2.44. The van der Waals surface area contributed by atoms with E-state index in [2.05, 4.69) is 15.5 Å². The first-order valence-electron chi connectivity index (χ1n) is 6.47. The number of rotatable bonds is 5. The number of phenolic OH excluding ortho intramolecular Hbond substituents is 2. The second kappa shape index (κ2) is 8.35. The number of carbonyl (C=O) groups excluding carboxylic acids is 1. The molecule has 124 valence electrons. The summed E-state index contributed by atoms with van der Waals surface area (Å²) >= 11 is 1.14. The van der Waals surface area contributed by atoms with E-state index in [0.717, 1.165) is 11.3 Å². The lowest BCUT2D eigenvalue weighted by molar-refractivity contribution is 0.0531. The zero-order valence-corrected chi connectivity index (χ0v) is 14.1. The number of aromatic hydroxyl groups is 2. The van der Waals surface area contributed by atoms with E-state index in [0.29, 0.717) is 27.9 Å². The Morgan fingerprint density at radius 2 is 2.22 bits per heavy atom. The van der Waals surface area contributed by atoms with Gasteiger partial charge in [0.05, 0.1) is 18.5 Å². The number of hydrogen-bond acceptors (Lipinski definition) is 8. The molecule has 2 rings (SSSR count). The van der Waals surface area contributed by atoms with Crippen LogP contribution in [0.15, 0.2) is 23.3 Å². The third-order valence-corrected chi connectivity index (χ3v) is 3.68. The molecule has 0 aliphatic heterocycles. The number of aryl methyl sites for hydroxylation is 1. The van der Waals surface area contributed by atoms with Gasteiger partial charge in [-0.2, -0.15) is 5.10 Å². The van der Waals surface area contributed by atoms with E-state index in [-0.39, 0.29) is 23.9 Å². The third kappa shape index (κ3) is 4.83. The lowest BCUT2D eigenvalue weighted by atomic mass is 10.2. The smallest absolute Gasteiger partial charge is 0.350 e. The average Bonchev–Trinajstić information content (AvgIpc) is 2.83. The molecule has 3 N–H and O–H groups in total. The maximum atomic E-state index is 11.7. The van der Waals surface area contributed by atoms with Gasteiger partial charge in [-0.05, 0) is 26.0 Å². The second-order valence-corrected chi connectivity index (χ2v) is 5.27. The Labute approximate surface area is 143 Å². The molecular weight excluding hydrogens is 342 g/mol. The van der Waals surface area contributed by atoms with Crippen molar-refractivity contribution in [1.82, 2.24) is 4.98 Å². The van der Waals surface area contributed by atoms with E-state index in [4.69, 9.17) is 4.74 Å². The van der Waals surface area contributed by atoms with E-state index in [9.17, 15) is 15.0 Å².